The summed E-state index contributed by atoms with van der Waals surface area (Å²) in [6, 6.07) is 13.7. The van der Waals surface area contributed by atoms with Crippen LogP contribution in [0.25, 0.3) is 0 Å². The largest absolute Gasteiger partial charge is 0.341 e. The molecule has 0 bridgehead atoms. The van der Waals surface area contributed by atoms with Crippen molar-refractivity contribution in [3.63, 3.8) is 0 Å². The molecule has 3 rings (SSSR count). The van der Waals surface area contributed by atoms with Crippen LogP contribution in [0.1, 0.15) is 20.9 Å². The smallest absolute Gasteiger partial charge is 0.224 e. The molecule has 0 aliphatic rings. The van der Waals surface area contributed by atoms with Gasteiger partial charge >= 0.3 is 0 Å². The monoisotopic (exact) mass is 459 g/mol. The molecule has 2 heterocycles. The Morgan fingerprint density at radius 3 is 2.52 bits per heavy atom. The van der Waals surface area contributed by atoms with Crippen LogP contribution in [-0.4, -0.2) is 17.1 Å². The van der Waals surface area contributed by atoms with Crippen LogP contribution in [0.5, 0.6) is 0 Å². The van der Waals surface area contributed by atoms with Gasteiger partial charge in [0.05, 0.1) is 4.88 Å². The standard InChI is InChI=1S/C26H22FN3O2S/c1-4-10-19(5-2)28-23(14-15-31)30(20-11-7-6-8-12-20)26-18(3)17-21(27)24(29-26)25(32)22-13-9-16-33-22/h4-17,28H,1-2H2,3H3/b19-10+,23-14-. The molecule has 0 unspecified atom stereocenters. The van der Waals surface area contributed by atoms with Gasteiger partial charge in [-0.2, -0.15) is 0 Å². The van der Waals surface area contributed by atoms with Crippen molar-refractivity contribution in [2.24, 2.45) is 0 Å². The van der Waals surface area contributed by atoms with Crippen LogP contribution in [0.15, 0.2) is 103 Å². The lowest BCUT2D eigenvalue weighted by Gasteiger charge is -2.29. The summed E-state index contributed by atoms with van der Waals surface area (Å²) in [5.41, 5.74) is 1.41. The number of ketones is 1. The third-order valence-electron chi connectivity index (χ3n) is 4.58. The molecular weight excluding hydrogens is 437 g/mol. The predicted molar refractivity (Wildman–Crippen MR) is 131 cm³/mol. The molecule has 0 fully saturated rings. The van der Waals surface area contributed by atoms with Crippen LogP contribution < -0.4 is 10.2 Å². The summed E-state index contributed by atoms with van der Waals surface area (Å²) in [4.78, 5) is 30.9. The van der Waals surface area contributed by atoms with Crippen LogP contribution >= 0.6 is 11.3 Å². The number of pyridine rings is 1. The first-order valence-corrected chi connectivity index (χ1v) is 10.9. The molecule has 2 aromatic heterocycles. The zero-order valence-corrected chi connectivity index (χ0v) is 18.8. The van der Waals surface area contributed by atoms with Crippen molar-refractivity contribution < 1.29 is 14.0 Å². The van der Waals surface area contributed by atoms with E-state index in [1.807, 2.05) is 30.3 Å². The van der Waals surface area contributed by atoms with E-state index >= 15 is 0 Å². The number of nitrogens with one attached hydrogen (secondary N) is 1. The highest BCUT2D eigenvalue weighted by Gasteiger charge is 2.24. The van der Waals surface area contributed by atoms with Crippen LogP contribution in [-0.2, 0) is 4.79 Å². The van der Waals surface area contributed by atoms with E-state index in [1.165, 1.54) is 23.5 Å². The molecular formula is C26H22FN3O2S. The van der Waals surface area contributed by atoms with Crippen LogP contribution in [0.2, 0.25) is 0 Å². The molecule has 0 radical (unpaired) electrons. The molecule has 5 nitrogen and oxygen atoms in total. The molecule has 0 spiro atoms. The van der Waals surface area contributed by atoms with Gasteiger partial charge in [0.1, 0.15) is 23.6 Å². The fraction of sp³-hybridized carbons (Fsp3) is 0.0385. The van der Waals surface area contributed by atoms with Crippen LogP contribution in [0.3, 0.4) is 0 Å². The number of thiophene rings is 1. The quantitative estimate of drug-likeness (QED) is 0.178. The first kappa shape index (κ1) is 23.6. The number of hydrogen-bond acceptors (Lipinski definition) is 6. The third-order valence-corrected chi connectivity index (χ3v) is 5.45. The van der Waals surface area contributed by atoms with Gasteiger partial charge in [-0.1, -0.05) is 43.5 Å². The lowest BCUT2D eigenvalue weighted by Crippen LogP contribution is -2.29. The van der Waals surface area contributed by atoms with Crippen LogP contribution in [0.4, 0.5) is 15.9 Å². The minimum absolute atomic E-state index is 0.296. The number of anilines is 2. The van der Waals surface area contributed by atoms with Crippen molar-refractivity contribution in [3.05, 3.63) is 125 Å². The SMILES string of the molecule is C=C/C=C(\C=C)N/C(=C/C=O)N(c1ccccc1)c1nc(C(=O)c2cccs2)c(F)cc1C. The van der Waals surface area contributed by atoms with Gasteiger partial charge in [-0.25, -0.2) is 9.37 Å². The van der Waals surface area contributed by atoms with Gasteiger partial charge in [0, 0.05) is 17.5 Å². The van der Waals surface area contributed by atoms with Gasteiger partial charge < -0.3 is 5.32 Å². The van der Waals surface area contributed by atoms with Gasteiger partial charge in [-0.3, -0.25) is 14.5 Å². The molecule has 7 heteroatoms. The number of carbonyl (C=O) groups is 2. The maximum absolute atomic E-state index is 14.8. The van der Waals surface area contributed by atoms with Crippen molar-refractivity contribution in [1.82, 2.24) is 10.3 Å². The van der Waals surface area contributed by atoms with Crippen molar-refractivity contribution in [2.45, 2.75) is 6.92 Å². The van der Waals surface area contributed by atoms with Crippen molar-refractivity contribution >= 4 is 34.9 Å². The zero-order chi connectivity index (χ0) is 23.8. The Morgan fingerprint density at radius 1 is 1.15 bits per heavy atom. The number of hydrogen-bond donors (Lipinski definition) is 1. The van der Waals surface area contributed by atoms with E-state index in [0.29, 0.717) is 39.8 Å². The molecule has 0 atom stereocenters. The van der Waals surface area contributed by atoms with Crippen LogP contribution in [0, 0.1) is 12.7 Å². The number of carbonyl (C=O) groups excluding carboxylic acids is 2. The second-order valence-corrected chi connectivity index (χ2v) is 7.76. The molecule has 3 aromatic rings. The topological polar surface area (TPSA) is 62.3 Å². The minimum Gasteiger partial charge on any atom is -0.341 e. The first-order chi connectivity index (χ1) is 16.0. The lowest BCUT2D eigenvalue weighted by molar-refractivity contribution is -0.104. The second-order valence-electron chi connectivity index (χ2n) is 6.81. The Kier molecular flexibility index (Phi) is 7.83. The van der Waals surface area contributed by atoms with E-state index in [4.69, 9.17) is 0 Å². The number of aromatic nitrogens is 1. The molecule has 0 saturated carbocycles. The molecule has 0 amide bonds. The number of aryl methyl sites for hydroxylation is 1. The second kappa shape index (κ2) is 11.0. The lowest BCUT2D eigenvalue weighted by atomic mass is 10.1. The van der Waals surface area contributed by atoms with Gasteiger partial charge in [-0.05, 0) is 54.3 Å². The highest BCUT2D eigenvalue weighted by Crippen LogP contribution is 2.32. The Hall–Kier alpha value is -4.10. The van der Waals surface area contributed by atoms with E-state index in [-0.39, 0.29) is 5.69 Å². The van der Waals surface area contributed by atoms with E-state index in [2.05, 4.69) is 23.5 Å². The summed E-state index contributed by atoms with van der Waals surface area (Å²) >= 11 is 1.21. The average molecular weight is 460 g/mol. The summed E-state index contributed by atoms with van der Waals surface area (Å²) in [6.45, 7) is 9.14. The van der Waals surface area contributed by atoms with E-state index in [0.717, 1.165) is 0 Å². The third kappa shape index (κ3) is 5.39. The van der Waals surface area contributed by atoms with E-state index < -0.39 is 11.6 Å². The molecule has 33 heavy (non-hydrogen) atoms. The molecule has 0 aliphatic heterocycles. The normalized spacial score (nSPS) is 11.6. The summed E-state index contributed by atoms with van der Waals surface area (Å²) in [7, 11) is 0. The number of allylic oxidation sites excluding steroid dienone is 4. The summed E-state index contributed by atoms with van der Waals surface area (Å²) in [5.74, 6) is -0.593. The molecule has 166 valence electrons. The summed E-state index contributed by atoms with van der Waals surface area (Å²) in [6.07, 6.45) is 6.78. The Labute approximate surface area is 195 Å². The van der Waals surface area contributed by atoms with E-state index in [1.54, 1.807) is 47.6 Å². The fourth-order valence-corrected chi connectivity index (χ4v) is 3.77. The Morgan fingerprint density at radius 2 is 1.91 bits per heavy atom. The fourth-order valence-electron chi connectivity index (χ4n) is 3.11. The van der Waals surface area contributed by atoms with E-state index in [9.17, 15) is 14.0 Å². The highest BCUT2D eigenvalue weighted by atomic mass is 32.1. The number of rotatable bonds is 10. The molecule has 0 aliphatic carbocycles. The number of nitrogens with zero attached hydrogens (tertiary/aromatic N) is 2. The van der Waals surface area contributed by atoms with Crippen molar-refractivity contribution in [3.8, 4) is 0 Å². The van der Waals surface area contributed by atoms with Gasteiger partial charge in [-0.15, -0.1) is 11.3 Å². The number of benzene rings is 1. The number of halogens is 1. The maximum Gasteiger partial charge on any atom is 0.224 e. The zero-order valence-electron chi connectivity index (χ0n) is 18.0. The highest BCUT2D eigenvalue weighted by molar-refractivity contribution is 7.12. The molecule has 1 N–H and O–H groups in total. The van der Waals surface area contributed by atoms with Gasteiger partial charge in [0.15, 0.2) is 5.82 Å². The molecule has 1 aromatic carbocycles. The Balaban J connectivity index is 2.22. The minimum atomic E-state index is -0.713. The summed E-state index contributed by atoms with van der Waals surface area (Å²) < 4.78 is 14.8. The number of para-hydroxylation sites is 1. The average Bonchev–Trinajstić information content (AvgIpc) is 3.35. The van der Waals surface area contributed by atoms with Crippen molar-refractivity contribution in [2.75, 3.05) is 4.90 Å². The van der Waals surface area contributed by atoms with Gasteiger partial charge in [0.2, 0.25) is 5.78 Å². The Bertz CT molecular complexity index is 1230. The molecule has 0 saturated heterocycles. The van der Waals surface area contributed by atoms with Crippen molar-refractivity contribution in [1.29, 1.82) is 0 Å². The van der Waals surface area contributed by atoms with Gasteiger partial charge in [0.25, 0.3) is 0 Å². The maximum atomic E-state index is 14.8. The first-order valence-electron chi connectivity index (χ1n) is 9.98. The number of aldehydes is 1. The summed E-state index contributed by atoms with van der Waals surface area (Å²) in [5, 5.41) is 4.88. The predicted octanol–water partition coefficient (Wildman–Crippen LogP) is 5.85.